The molecule has 156 valence electrons. The zero-order chi connectivity index (χ0) is 20.7. The van der Waals surface area contributed by atoms with Crippen molar-refractivity contribution in [2.24, 2.45) is 0 Å². The number of ether oxygens (including phenoxy) is 2. The summed E-state index contributed by atoms with van der Waals surface area (Å²) in [6, 6.07) is 13.6. The number of nitrogens with zero attached hydrogens (tertiary/aromatic N) is 2. The quantitative estimate of drug-likeness (QED) is 0.508. The van der Waals surface area contributed by atoms with Gasteiger partial charge in [-0.3, -0.25) is 4.79 Å². The molecule has 2 aromatic carbocycles. The molecule has 1 aromatic heterocycles. The summed E-state index contributed by atoms with van der Waals surface area (Å²) in [6.45, 7) is 1.34. The van der Waals surface area contributed by atoms with Crippen LogP contribution in [0.5, 0.6) is 5.75 Å². The van der Waals surface area contributed by atoms with Crippen LogP contribution in [0.15, 0.2) is 42.5 Å². The SMILES string of the molecule is COc1cccc2sc(N3CC(OC(=O)C4(c5ccc(Cl)cc5)CCCC4)C3)nc12. The summed E-state index contributed by atoms with van der Waals surface area (Å²) in [5.41, 5.74) is 1.37. The minimum absolute atomic E-state index is 0.0991. The van der Waals surface area contributed by atoms with E-state index < -0.39 is 5.41 Å². The molecule has 1 saturated heterocycles. The molecule has 5 rings (SSSR count). The van der Waals surface area contributed by atoms with Crippen LogP contribution < -0.4 is 9.64 Å². The molecular weight excluding hydrogens is 420 g/mol. The van der Waals surface area contributed by atoms with Crippen LogP contribution in [0.25, 0.3) is 10.2 Å². The average Bonchev–Trinajstić information content (AvgIpc) is 3.38. The van der Waals surface area contributed by atoms with Gasteiger partial charge >= 0.3 is 5.97 Å². The number of hydrogen-bond acceptors (Lipinski definition) is 6. The lowest BCUT2D eigenvalue weighted by Crippen LogP contribution is -2.54. The number of anilines is 1. The minimum Gasteiger partial charge on any atom is -0.494 e. The Kier molecular flexibility index (Phi) is 5.07. The first-order valence-electron chi connectivity index (χ1n) is 10.2. The Bertz CT molecular complexity index is 1070. The third-order valence-corrected chi connectivity index (χ3v) is 7.56. The van der Waals surface area contributed by atoms with Crippen LogP contribution in [0.1, 0.15) is 31.2 Å². The number of halogens is 1. The largest absolute Gasteiger partial charge is 0.494 e. The zero-order valence-corrected chi connectivity index (χ0v) is 18.3. The average molecular weight is 443 g/mol. The summed E-state index contributed by atoms with van der Waals surface area (Å²) < 4.78 is 12.5. The number of hydrogen-bond donors (Lipinski definition) is 0. The summed E-state index contributed by atoms with van der Waals surface area (Å²) in [5, 5.41) is 1.62. The van der Waals surface area contributed by atoms with Gasteiger partial charge in [0.05, 0.1) is 30.3 Å². The third kappa shape index (κ3) is 3.32. The fourth-order valence-electron chi connectivity index (χ4n) is 4.50. The summed E-state index contributed by atoms with van der Waals surface area (Å²) >= 11 is 7.68. The van der Waals surface area contributed by atoms with Crippen LogP contribution in [0.4, 0.5) is 5.13 Å². The zero-order valence-electron chi connectivity index (χ0n) is 16.8. The molecule has 2 fully saturated rings. The van der Waals surface area contributed by atoms with E-state index in [0.29, 0.717) is 18.1 Å². The first-order valence-corrected chi connectivity index (χ1v) is 11.4. The minimum atomic E-state index is -0.533. The molecule has 0 unspecified atom stereocenters. The van der Waals surface area contributed by atoms with E-state index in [1.165, 1.54) is 0 Å². The molecule has 2 aliphatic rings. The topological polar surface area (TPSA) is 51.7 Å². The Morgan fingerprint density at radius 3 is 2.60 bits per heavy atom. The van der Waals surface area contributed by atoms with Gasteiger partial charge in [-0.25, -0.2) is 4.98 Å². The van der Waals surface area contributed by atoms with E-state index in [1.807, 2.05) is 42.5 Å². The van der Waals surface area contributed by atoms with E-state index in [2.05, 4.69) is 4.90 Å². The second-order valence-electron chi connectivity index (χ2n) is 8.03. The summed E-state index contributed by atoms with van der Waals surface area (Å²) in [5.74, 6) is 0.683. The van der Waals surface area contributed by atoms with Crippen molar-refractivity contribution in [2.45, 2.75) is 37.2 Å². The highest BCUT2D eigenvalue weighted by molar-refractivity contribution is 7.22. The summed E-state index contributed by atoms with van der Waals surface area (Å²) in [4.78, 5) is 20.1. The van der Waals surface area contributed by atoms with Gasteiger partial charge in [0, 0.05) is 5.02 Å². The lowest BCUT2D eigenvalue weighted by Gasteiger charge is -2.40. The highest BCUT2D eigenvalue weighted by Crippen LogP contribution is 2.43. The number of thiazole rings is 1. The molecule has 1 aliphatic heterocycles. The van der Waals surface area contributed by atoms with Gasteiger partial charge in [-0.15, -0.1) is 0 Å². The van der Waals surface area contributed by atoms with Crippen molar-refractivity contribution >= 4 is 44.3 Å². The molecule has 7 heteroatoms. The molecule has 0 amide bonds. The van der Waals surface area contributed by atoms with Gasteiger partial charge in [-0.05, 0) is 42.7 Å². The number of rotatable bonds is 5. The van der Waals surface area contributed by atoms with Gasteiger partial charge < -0.3 is 14.4 Å². The van der Waals surface area contributed by atoms with Crippen molar-refractivity contribution in [1.82, 2.24) is 4.98 Å². The van der Waals surface area contributed by atoms with E-state index in [4.69, 9.17) is 26.1 Å². The second kappa shape index (κ2) is 7.75. The molecule has 0 radical (unpaired) electrons. The number of aromatic nitrogens is 1. The normalized spacial score (nSPS) is 18.4. The highest BCUT2D eigenvalue weighted by atomic mass is 35.5. The first kappa shape index (κ1) is 19.6. The predicted octanol–water partition coefficient (Wildman–Crippen LogP) is 5.20. The van der Waals surface area contributed by atoms with Crippen molar-refractivity contribution in [3.63, 3.8) is 0 Å². The van der Waals surface area contributed by atoms with Gasteiger partial charge in [0.15, 0.2) is 5.13 Å². The highest BCUT2D eigenvalue weighted by Gasteiger charge is 2.46. The number of fused-ring (bicyclic) bond motifs is 1. The van der Waals surface area contributed by atoms with Crippen molar-refractivity contribution in [1.29, 1.82) is 0 Å². The van der Waals surface area contributed by atoms with E-state index >= 15 is 0 Å². The number of benzene rings is 2. The van der Waals surface area contributed by atoms with Crippen molar-refractivity contribution in [3.05, 3.63) is 53.1 Å². The summed E-state index contributed by atoms with van der Waals surface area (Å²) in [7, 11) is 1.66. The van der Waals surface area contributed by atoms with Crippen LogP contribution in [-0.2, 0) is 14.9 Å². The molecule has 5 nitrogen and oxygen atoms in total. The van der Waals surface area contributed by atoms with Gasteiger partial charge in [0.2, 0.25) is 0 Å². The van der Waals surface area contributed by atoms with Crippen LogP contribution in [-0.4, -0.2) is 37.3 Å². The smallest absolute Gasteiger partial charge is 0.316 e. The molecular formula is C23H23ClN2O3S. The van der Waals surface area contributed by atoms with Crippen LogP contribution in [0, 0.1) is 0 Å². The molecule has 1 saturated carbocycles. The maximum Gasteiger partial charge on any atom is 0.316 e. The molecule has 0 atom stereocenters. The monoisotopic (exact) mass is 442 g/mol. The van der Waals surface area contributed by atoms with E-state index in [0.717, 1.165) is 52.3 Å². The third-order valence-electron chi connectivity index (χ3n) is 6.23. The Morgan fingerprint density at radius 1 is 1.17 bits per heavy atom. The standard InChI is InChI=1S/C23H23ClN2O3S/c1-28-18-5-4-6-19-20(18)25-22(30-19)26-13-17(14-26)29-21(27)23(11-2-3-12-23)15-7-9-16(24)10-8-15/h4-10,17H,2-3,11-14H2,1H3. The molecule has 30 heavy (non-hydrogen) atoms. The van der Waals surface area contributed by atoms with Gasteiger partial charge in [0.25, 0.3) is 0 Å². The van der Waals surface area contributed by atoms with Gasteiger partial charge in [-0.1, -0.05) is 54.0 Å². The first-order chi connectivity index (χ1) is 14.6. The molecule has 3 aromatic rings. The number of para-hydroxylation sites is 1. The van der Waals surface area contributed by atoms with Gasteiger partial charge in [0.1, 0.15) is 17.4 Å². The summed E-state index contributed by atoms with van der Waals surface area (Å²) in [6.07, 6.45) is 3.66. The lowest BCUT2D eigenvalue weighted by molar-refractivity contribution is -0.157. The number of esters is 1. The maximum absolute atomic E-state index is 13.2. The molecule has 0 bridgehead atoms. The maximum atomic E-state index is 13.2. The lowest BCUT2D eigenvalue weighted by atomic mass is 9.79. The number of methoxy groups -OCH3 is 1. The van der Waals surface area contributed by atoms with Crippen molar-refractivity contribution in [2.75, 3.05) is 25.1 Å². The van der Waals surface area contributed by atoms with Gasteiger partial charge in [-0.2, -0.15) is 0 Å². The molecule has 0 N–H and O–H groups in total. The molecule has 0 spiro atoms. The predicted molar refractivity (Wildman–Crippen MR) is 120 cm³/mol. The van der Waals surface area contributed by atoms with E-state index in [1.54, 1.807) is 18.4 Å². The van der Waals surface area contributed by atoms with Crippen molar-refractivity contribution in [3.8, 4) is 5.75 Å². The fourth-order valence-corrected chi connectivity index (χ4v) is 5.63. The Labute approximate surface area is 184 Å². The van der Waals surface area contributed by atoms with Crippen molar-refractivity contribution < 1.29 is 14.3 Å². The molecule has 1 aliphatic carbocycles. The van der Waals surface area contributed by atoms with Crippen LogP contribution in [0.3, 0.4) is 0 Å². The van der Waals surface area contributed by atoms with E-state index in [9.17, 15) is 4.79 Å². The van der Waals surface area contributed by atoms with E-state index in [-0.39, 0.29) is 12.1 Å². The van der Waals surface area contributed by atoms with Crippen LogP contribution >= 0.6 is 22.9 Å². The Balaban J connectivity index is 1.27. The number of carbonyl (C=O) groups is 1. The number of carbonyl (C=O) groups excluding carboxylic acids is 1. The Hall–Kier alpha value is -2.31. The molecule has 2 heterocycles. The van der Waals surface area contributed by atoms with Crippen LogP contribution in [0.2, 0.25) is 5.02 Å². The Morgan fingerprint density at radius 2 is 1.90 bits per heavy atom. The fraction of sp³-hybridized carbons (Fsp3) is 0.391. The second-order valence-corrected chi connectivity index (χ2v) is 9.48.